The van der Waals surface area contributed by atoms with E-state index in [4.69, 9.17) is 15.2 Å². The highest BCUT2D eigenvalue weighted by molar-refractivity contribution is 5.72. The van der Waals surface area contributed by atoms with Gasteiger partial charge in [0, 0.05) is 18.2 Å². The number of hydrogen-bond acceptors (Lipinski definition) is 5. The number of allylic oxidation sites excluding steroid dienone is 1. The van der Waals surface area contributed by atoms with Crippen molar-refractivity contribution in [3.63, 3.8) is 0 Å². The molecule has 0 unspecified atom stereocenters. The smallest absolute Gasteiger partial charge is 0.416 e. The molecule has 6 nitrogen and oxygen atoms in total. The van der Waals surface area contributed by atoms with Crippen LogP contribution in [0.4, 0.5) is 4.79 Å². The third-order valence-corrected chi connectivity index (χ3v) is 3.49. The predicted octanol–water partition coefficient (Wildman–Crippen LogP) is 1.86. The molecule has 0 aromatic carbocycles. The number of ether oxygens (including phenoxy) is 2. The molecule has 2 aliphatic rings. The van der Waals surface area contributed by atoms with E-state index in [1.54, 1.807) is 13.2 Å². The van der Waals surface area contributed by atoms with Crippen LogP contribution >= 0.6 is 0 Å². The number of nitrogens with two attached hydrogens (primary N) is 1. The topological polar surface area (TPSA) is 76.8 Å². The molecule has 0 radical (unpaired) electrons. The Hall–Kier alpha value is -1.95. The van der Waals surface area contributed by atoms with Crippen LogP contribution in [0.3, 0.4) is 0 Å². The standard InChI is InChI=1S/C16H25N3O3/c1-16(2,3)22-15(20)19-10-12(11-5-7-18-8-6-11)13(21-4)9-14(19)17/h5,9,18H,6-8,10,17H2,1-4H3. The number of hydrogen-bond donors (Lipinski definition) is 2. The lowest BCUT2D eigenvalue weighted by Crippen LogP contribution is -2.42. The van der Waals surface area contributed by atoms with E-state index in [0.717, 1.165) is 25.1 Å². The lowest BCUT2D eigenvalue weighted by molar-refractivity contribution is 0.0319. The molecule has 0 aromatic rings. The average molecular weight is 307 g/mol. The zero-order chi connectivity index (χ0) is 16.3. The van der Waals surface area contributed by atoms with Gasteiger partial charge in [0.25, 0.3) is 0 Å². The molecule has 0 bridgehead atoms. The fourth-order valence-electron chi connectivity index (χ4n) is 2.45. The van der Waals surface area contributed by atoms with Crippen LogP contribution in [0.1, 0.15) is 27.2 Å². The highest BCUT2D eigenvalue weighted by Gasteiger charge is 2.30. The van der Waals surface area contributed by atoms with Crippen molar-refractivity contribution in [2.45, 2.75) is 32.8 Å². The molecule has 0 fully saturated rings. The molecule has 2 aliphatic heterocycles. The molecule has 2 rings (SSSR count). The normalized spacial score (nSPS) is 19.5. The van der Waals surface area contributed by atoms with Crippen molar-refractivity contribution in [1.82, 2.24) is 10.2 Å². The Morgan fingerprint density at radius 1 is 1.41 bits per heavy atom. The van der Waals surface area contributed by atoms with Crippen molar-refractivity contribution in [1.29, 1.82) is 0 Å². The molecule has 22 heavy (non-hydrogen) atoms. The molecular weight excluding hydrogens is 282 g/mol. The summed E-state index contributed by atoms with van der Waals surface area (Å²) in [6, 6.07) is 0. The second kappa shape index (κ2) is 6.44. The molecule has 0 aromatic heterocycles. The van der Waals surface area contributed by atoms with E-state index in [9.17, 15) is 4.79 Å². The third-order valence-electron chi connectivity index (χ3n) is 3.49. The molecule has 0 saturated carbocycles. The lowest BCUT2D eigenvalue weighted by Gasteiger charge is -2.32. The monoisotopic (exact) mass is 307 g/mol. The van der Waals surface area contributed by atoms with Gasteiger partial charge < -0.3 is 20.5 Å². The second-order valence-electron chi connectivity index (χ2n) is 6.37. The molecule has 0 spiro atoms. The van der Waals surface area contributed by atoms with E-state index in [1.807, 2.05) is 20.8 Å². The van der Waals surface area contributed by atoms with Gasteiger partial charge in [-0.15, -0.1) is 0 Å². The summed E-state index contributed by atoms with van der Waals surface area (Å²) < 4.78 is 10.9. The summed E-state index contributed by atoms with van der Waals surface area (Å²) in [6.07, 6.45) is 4.27. The van der Waals surface area contributed by atoms with Gasteiger partial charge in [-0.1, -0.05) is 6.08 Å². The average Bonchev–Trinajstić information content (AvgIpc) is 2.45. The quantitative estimate of drug-likeness (QED) is 0.814. The molecule has 122 valence electrons. The summed E-state index contributed by atoms with van der Waals surface area (Å²) in [5.74, 6) is 1.05. The van der Waals surface area contributed by atoms with Crippen molar-refractivity contribution in [2.75, 3.05) is 26.7 Å². The predicted molar refractivity (Wildman–Crippen MR) is 84.8 cm³/mol. The van der Waals surface area contributed by atoms with Crippen molar-refractivity contribution >= 4 is 6.09 Å². The van der Waals surface area contributed by atoms with Crippen LogP contribution < -0.4 is 11.1 Å². The van der Waals surface area contributed by atoms with Crippen LogP contribution in [0, 0.1) is 0 Å². The maximum Gasteiger partial charge on any atom is 0.416 e. The highest BCUT2D eigenvalue weighted by atomic mass is 16.6. The minimum atomic E-state index is -0.559. The first-order chi connectivity index (χ1) is 10.3. The van der Waals surface area contributed by atoms with Crippen LogP contribution in [0.15, 0.2) is 34.9 Å². The van der Waals surface area contributed by atoms with Crippen molar-refractivity contribution in [3.8, 4) is 0 Å². The van der Waals surface area contributed by atoms with Gasteiger partial charge in [0.05, 0.1) is 13.7 Å². The largest absolute Gasteiger partial charge is 0.496 e. The highest BCUT2D eigenvalue weighted by Crippen LogP contribution is 2.28. The van der Waals surface area contributed by atoms with Crippen molar-refractivity contribution < 1.29 is 14.3 Å². The maximum atomic E-state index is 12.3. The van der Waals surface area contributed by atoms with Gasteiger partial charge in [-0.3, -0.25) is 4.90 Å². The van der Waals surface area contributed by atoms with Crippen LogP contribution in [0.5, 0.6) is 0 Å². The van der Waals surface area contributed by atoms with Gasteiger partial charge in [-0.2, -0.15) is 0 Å². The van der Waals surface area contributed by atoms with Gasteiger partial charge in [-0.25, -0.2) is 4.79 Å². The maximum absolute atomic E-state index is 12.3. The third kappa shape index (κ3) is 3.82. The van der Waals surface area contributed by atoms with Crippen molar-refractivity contribution in [3.05, 3.63) is 34.9 Å². The van der Waals surface area contributed by atoms with Crippen LogP contribution in [-0.2, 0) is 9.47 Å². The van der Waals surface area contributed by atoms with Crippen LogP contribution in [0.25, 0.3) is 0 Å². The number of nitrogens with one attached hydrogen (secondary N) is 1. The Morgan fingerprint density at radius 3 is 2.68 bits per heavy atom. The summed E-state index contributed by atoms with van der Waals surface area (Å²) in [6.45, 7) is 7.61. The molecule has 0 saturated heterocycles. The van der Waals surface area contributed by atoms with E-state index in [-0.39, 0.29) is 0 Å². The fourth-order valence-corrected chi connectivity index (χ4v) is 2.45. The van der Waals surface area contributed by atoms with Gasteiger partial charge in [-0.05, 0) is 39.3 Å². The van der Waals surface area contributed by atoms with Crippen LogP contribution in [-0.4, -0.2) is 43.3 Å². The fraction of sp³-hybridized carbons (Fsp3) is 0.562. The zero-order valence-corrected chi connectivity index (χ0v) is 13.7. The SMILES string of the molecule is COC1=C(C2=CCNCC2)CN(C(=O)OC(C)(C)C)C(N)=C1. The molecule has 3 N–H and O–H groups in total. The second-order valence-corrected chi connectivity index (χ2v) is 6.37. The molecule has 0 aliphatic carbocycles. The Morgan fingerprint density at radius 2 is 2.14 bits per heavy atom. The number of amides is 1. The number of methoxy groups -OCH3 is 1. The number of carbonyl (C=O) groups is 1. The number of rotatable bonds is 2. The summed E-state index contributed by atoms with van der Waals surface area (Å²) in [7, 11) is 1.61. The summed E-state index contributed by atoms with van der Waals surface area (Å²) >= 11 is 0. The van der Waals surface area contributed by atoms with Crippen molar-refractivity contribution in [2.24, 2.45) is 5.73 Å². The van der Waals surface area contributed by atoms with E-state index in [0.29, 0.717) is 18.1 Å². The number of carbonyl (C=O) groups excluding carboxylic acids is 1. The number of nitrogens with zero attached hydrogens (tertiary/aromatic N) is 1. The molecule has 0 atom stereocenters. The van der Waals surface area contributed by atoms with Gasteiger partial charge in [0.15, 0.2) is 0 Å². The minimum absolute atomic E-state index is 0.337. The first-order valence-corrected chi connectivity index (χ1v) is 7.47. The lowest BCUT2D eigenvalue weighted by atomic mass is 9.96. The van der Waals surface area contributed by atoms with Gasteiger partial charge >= 0.3 is 6.09 Å². The Labute approximate surface area is 131 Å². The Balaban J connectivity index is 2.25. The van der Waals surface area contributed by atoms with E-state index < -0.39 is 11.7 Å². The zero-order valence-electron chi connectivity index (χ0n) is 13.7. The summed E-state index contributed by atoms with van der Waals surface area (Å²) in [5.41, 5.74) is 7.62. The summed E-state index contributed by atoms with van der Waals surface area (Å²) in [4.78, 5) is 13.8. The molecular formula is C16H25N3O3. The van der Waals surface area contributed by atoms with E-state index >= 15 is 0 Å². The first kappa shape index (κ1) is 16.4. The van der Waals surface area contributed by atoms with E-state index in [2.05, 4.69) is 11.4 Å². The minimum Gasteiger partial charge on any atom is -0.496 e. The first-order valence-electron chi connectivity index (χ1n) is 7.47. The Kier molecular flexibility index (Phi) is 4.81. The molecule has 2 heterocycles. The molecule has 1 amide bonds. The molecule has 6 heteroatoms. The van der Waals surface area contributed by atoms with Gasteiger partial charge in [0.2, 0.25) is 0 Å². The Bertz CT molecular complexity index is 541. The van der Waals surface area contributed by atoms with E-state index in [1.165, 1.54) is 10.5 Å². The van der Waals surface area contributed by atoms with Crippen LogP contribution in [0.2, 0.25) is 0 Å². The van der Waals surface area contributed by atoms with Gasteiger partial charge in [0.1, 0.15) is 17.2 Å². The summed E-state index contributed by atoms with van der Waals surface area (Å²) in [5, 5.41) is 3.28.